The highest BCUT2D eigenvalue weighted by Gasteiger charge is 2.39. The van der Waals surface area contributed by atoms with E-state index in [9.17, 15) is 21.6 Å². The minimum atomic E-state index is -4.60. The number of rotatable bonds is 4. The van der Waals surface area contributed by atoms with Crippen molar-refractivity contribution in [3.8, 4) is 5.75 Å². The van der Waals surface area contributed by atoms with Gasteiger partial charge in [0.2, 0.25) is 10.0 Å². The Morgan fingerprint density at radius 3 is 2.58 bits per heavy atom. The van der Waals surface area contributed by atoms with Gasteiger partial charge in [0.05, 0.1) is 22.9 Å². The highest BCUT2D eigenvalue weighted by Crippen LogP contribution is 2.44. The highest BCUT2D eigenvalue weighted by atomic mass is 32.2. The minimum absolute atomic E-state index is 0.214. The summed E-state index contributed by atoms with van der Waals surface area (Å²) in [4.78, 5) is -0.366. The van der Waals surface area contributed by atoms with Crippen molar-refractivity contribution in [3.05, 3.63) is 59.7 Å². The van der Waals surface area contributed by atoms with E-state index in [-0.39, 0.29) is 11.4 Å². The first-order valence-corrected chi connectivity index (χ1v) is 10.2. The van der Waals surface area contributed by atoms with Gasteiger partial charge in [0, 0.05) is 17.9 Å². The van der Waals surface area contributed by atoms with Gasteiger partial charge >= 0.3 is 6.18 Å². The Bertz CT molecular complexity index is 900. The largest absolute Gasteiger partial charge is 0.496 e. The molecule has 1 heterocycles. The number of sulfonamides is 1. The summed E-state index contributed by atoms with van der Waals surface area (Å²) < 4.78 is 71.4. The number of halogens is 3. The van der Waals surface area contributed by atoms with E-state index in [0.717, 1.165) is 12.1 Å². The Labute approximate surface area is 154 Å². The number of para-hydroxylation sites is 1. The third kappa shape index (κ3) is 3.56. The lowest BCUT2D eigenvalue weighted by Gasteiger charge is -2.25. The van der Waals surface area contributed by atoms with Gasteiger partial charge in [0.25, 0.3) is 0 Å². The fraction of sp³-hybridized carbons (Fsp3) is 0.294. The van der Waals surface area contributed by atoms with E-state index in [2.05, 4.69) is 0 Å². The van der Waals surface area contributed by atoms with Crippen LogP contribution in [0.5, 0.6) is 5.75 Å². The molecular weight excluding hydrogens is 387 g/mol. The van der Waals surface area contributed by atoms with Gasteiger partial charge in [-0.15, -0.1) is 11.8 Å². The maximum atomic E-state index is 13.0. The molecule has 0 saturated carbocycles. The molecule has 1 atom stereocenters. The summed E-state index contributed by atoms with van der Waals surface area (Å²) in [6, 6.07) is 10.9. The number of thioether (sulfide) groups is 1. The van der Waals surface area contributed by atoms with Crippen LogP contribution in [-0.4, -0.2) is 32.1 Å². The maximum absolute atomic E-state index is 13.0. The standard InChI is InChI=1S/C17H16F3NO3S2/c1-24-15-8-3-2-7-14(15)16-21(9-10-25-16)26(22,23)13-6-4-5-12(11-13)17(18,19)20/h2-8,11,16H,9-10H2,1H3/t16-/m0/s1. The molecule has 0 spiro atoms. The summed E-state index contributed by atoms with van der Waals surface area (Å²) in [6.07, 6.45) is -4.60. The number of benzene rings is 2. The van der Waals surface area contributed by atoms with Crippen LogP contribution in [0.4, 0.5) is 13.2 Å². The Kier molecular flexibility index (Phi) is 5.23. The first-order chi connectivity index (χ1) is 12.2. The number of hydrogen-bond donors (Lipinski definition) is 0. The van der Waals surface area contributed by atoms with Crippen LogP contribution in [-0.2, 0) is 16.2 Å². The third-order valence-corrected chi connectivity index (χ3v) is 7.26. The van der Waals surface area contributed by atoms with E-state index >= 15 is 0 Å². The van der Waals surface area contributed by atoms with Gasteiger partial charge in [0.1, 0.15) is 5.75 Å². The molecule has 1 fully saturated rings. The Balaban J connectivity index is 2.01. The third-order valence-electron chi connectivity index (χ3n) is 4.02. The van der Waals surface area contributed by atoms with Gasteiger partial charge in [-0.05, 0) is 24.3 Å². The lowest BCUT2D eigenvalue weighted by atomic mass is 10.2. The molecule has 0 radical (unpaired) electrons. The van der Waals surface area contributed by atoms with Crippen molar-refractivity contribution < 1.29 is 26.3 Å². The number of hydrogen-bond acceptors (Lipinski definition) is 4. The molecule has 26 heavy (non-hydrogen) atoms. The highest BCUT2D eigenvalue weighted by molar-refractivity contribution is 8.01. The molecule has 3 rings (SSSR count). The number of ether oxygens (including phenoxy) is 1. The van der Waals surface area contributed by atoms with Crippen LogP contribution in [0, 0.1) is 0 Å². The van der Waals surface area contributed by atoms with E-state index in [4.69, 9.17) is 4.74 Å². The zero-order chi connectivity index (χ0) is 18.9. The van der Waals surface area contributed by atoms with Crippen LogP contribution < -0.4 is 4.74 Å². The molecule has 0 unspecified atom stereocenters. The summed E-state index contributed by atoms with van der Waals surface area (Å²) in [5.74, 6) is 1.08. The lowest BCUT2D eigenvalue weighted by molar-refractivity contribution is -0.137. The van der Waals surface area contributed by atoms with Gasteiger partial charge in [-0.3, -0.25) is 0 Å². The zero-order valence-corrected chi connectivity index (χ0v) is 15.4. The van der Waals surface area contributed by atoms with Gasteiger partial charge in [-0.2, -0.15) is 17.5 Å². The van der Waals surface area contributed by atoms with Crippen molar-refractivity contribution >= 4 is 21.8 Å². The van der Waals surface area contributed by atoms with Crippen LogP contribution >= 0.6 is 11.8 Å². The minimum Gasteiger partial charge on any atom is -0.496 e. The van der Waals surface area contributed by atoms with Crippen molar-refractivity contribution in [1.82, 2.24) is 4.31 Å². The van der Waals surface area contributed by atoms with E-state index in [0.29, 0.717) is 23.1 Å². The molecule has 1 aliphatic heterocycles. The van der Waals surface area contributed by atoms with Crippen LogP contribution in [0.1, 0.15) is 16.5 Å². The molecule has 0 bridgehead atoms. The van der Waals surface area contributed by atoms with Crippen LogP contribution in [0.25, 0.3) is 0 Å². The lowest BCUT2D eigenvalue weighted by Crippen LogP contribution is -2.31. The van der Waals surface area contributed by atoms with Crippen molar-refractivity contribution in [2.75, 3.05) is 19.4 Å². The summed E-state index contributed by atoms with van der Waals surface area (Å²) in [5, 5.41) is -0.550. The molecular formula is C17H16F3NO3S2. The molecule has 140 valence electrons. The van der Waals surface area contributed by atoms with E-state index in [1.165, 1.54) is 29.2 Å². The smallest absolute Gasteiger partial charge is 0.416 e. The molecule has 4 nitrogen and oxygen atoms in total. The van der Waals surface area contributed by atoms with Crippen molar-refractivity contribution in [3.63, 3.8) is 0 Å². The summed E-state index contributed by atoms with van der Waals surface area (Å²) >= 11 is 1.41. The van der Waals surface area contributed by atoms with Gasteiger partial charge in [-0.1, -0.05) is 24.3 Å². The first-order valence-electron chi connectivity index (χ1n) is 7.69. The van der Waals surface area contributed by atoms with E-state index in [1.807, 2.05) is 0 Å². The molecule has 0 N–H and O–H groups in total. The SMILES string of the molecule is COc1ccccc1[C@@H]1SCCN1S(=O)(=O)c1cccc(C(F)(F)F)c1. The van der Waals surface area contributed by atoms with Crippen LogP contribution in [0.2, 0.25) is 0 Å². The zero-order valence-electron chi connectivity index (χ0n) is 13.7. The monoisotopic (exact) mass is 403 g/mol. The van der Waals surface area contributed by atoms with Gasteiger partial charge in [0.15, 0.2) is 0 Å². The Hall–Kier alpha value is -1.71. The summed E-state index contributed by atoms with van der Waals surface area (Å²) in [5.41, 5.74) is -0.313. The van der Waals surface area contributed by atoms with Crippen LogP contribution in [0.3, 0.4) is 0 Å². The van der Waals surface area contributed by atoms with Crippen molar-refractivity contribution in [2.24, 2.45) is 0 Å². The maximum Gasteiger partial charge on any atom is 0.416 e. The first kappa shape index (κ1) is 19.1. The average molecular weight is 403 g/mol. The topological polar surface area (TPSA) is 46.6 Å². The predicted molar refractivity (Wildman–Crippen MR) is 93.5 cm³/mol. The summed E-state index contributed by atoms with van der Waals surface area (Å²) in [6.45, 7) is 0.214. The fourth-order valence-corrected chi connectivity index (χ4v) is 6.09. The Morgan fingerprint density at radius 2 is 1.88 bits per heavy atom. The molecule has 9 heteroatoms. The van der Waals surface area contributed by atoms with E-state index < -0.39 is 27.1 Å². The van der Waals surface area contributed by atoms with Crippen molar-refractivity contribution in [2.45, 2.75) is 16.4 Å². The molecule has 2 aromatic rings. The molecule has 0 amide bonds. The second-order valence-corrected chi connectivity index (χ2v) is 8.69. The fourth-order valence-electron chi connectivity index (χ4n) is 2.78. The quantitative estimate of drug-likeness (QED) is 0.770. The normalized spacial score (nSPS) is 18.8. The summed E-state index contributed by atoms with van der Waals surface area (Å²) in [7, 11) is -2.60. The van der Waals surface area contributed by atoms with Gasteiger partial charge < -0.3 is 4.74 Å². The Morgan fingerprint density at radius 1 is 1.15 bits per heavy atom. The van der Waals surface area contributed by atoms with Crippen molar-refractivity contribution in [1.29, 1.82) is 0 Å². The molecule has 1 saturated heterocycles. The predicted octanol–water partition coefficient (Wildman–Crippen LogP) is 4.15. The number of methoxy groups -OCH3 is 1. The van der Waals surface area contributed by atoms with E-state index in [1.54, 1.807) is 24.3 Å². The molecule has 2 aromatic carbocycles. The second-order valence-electron chi connectivity index (χ2n) is 5.61. The second kappa shape index (κ2) is 7.13. The van der Waals surface area contributed by atoms with Gasteiger partial charge in [-0.25, -0.2) is 8.42 Å². The molecule has 1 aliphatic rings. The average Bonchev–Trinajstić information content (AvgIpc) is 3.11. The molecule has 0 aromatic heterocycles. The molecule has 0 aliphatic carbocycles. The van der Waals surface area contributed by atoms with Crippen LogP contribution in [0.15, 0.2) is 53.4 Å². The number of nitrogens with zero attached hydrogens (tertiary/aromatic N) is 1. The number of alkyl halides is 3.